The summed E-state index contributed by atoms with van der Waals surface area (Å²) in [7, 11) is 0. The van der Waals surface area contributed by atoms with Gasteiger partial charge in [-0.15, -0.1) is 0 Å². The molecule has 0 radical (unpaired) electrons. The van der Waals surface area contributed by atoms with Crippen LogP contribution in [0.1, 0.15) is 20.8 Å². The van der Waals surface area contributed by atoms with Crippen LogP contribution >= 0.6 is 0 Å². The second-order valence-electron chi connectivity index (χ2n) is 1.42. The fourth-order valence-electron chi connectivity index (χ4n) is 0.419. The molecule has 50 valence electrons. The van der Waals surface area contributed by atoms with Gasteiger partial charge < -0.3 is 0 Å². The molecule has 0 nitrogen and oxygen atoms in total. The summed E-state index contributed by atoms with van der Waals surface area (Å²) in [6.45, 7) is 5.49. The summed E-state index contributed by atoms with van der Waals surface area (Å²) in [6.07, 6.45) is 0. The van der Waals surface area contributed by atoms with Crippen LogP contribution in [0.3, 0.4) is 0 Å². The zero-order valence-corrected chi connectivity index (χ0v) is 8.32. The molecule has 0 rings (SSSR count). The standard InChI is InChI=1S/C9H9As/c1-4-7-10(8-5-2)9-6-3/h1-3H3. The van der Waals surface area contributed by atoms with Crippen LogP contribution in [0, 0.1) is 31.9 Å². The van der Waals surface area contributed by atoms with Gasteiger partial charge in [-0.1, -0.05) is 0 Å². The van der Waals surface area contributed by atoms with E-state index < -0.39 is 14.7 Å². The normalized spacial score (nSPS) is 6.00. The van der Waals surface area contributed by atoms with Crippen LogP contribution in [0.4, 0.5) is 0 Å². The molecule has 0 atom stereocenters. The van der Waals surface area contributed by atoms with Crippen molar-refractivity contribution in [2.45, 2.75) is 20.8 Å². The molecular weight excluding hydrogens is 183 g/mol. The fraction of sp³-hybridized carbons (Fsp3) is 0.333. The van der Waals surface area contributed by atoms with E-state index in [2.05, 4.69) is 31.9 Å². The second-order valence-corrected chi connectivity index (χ2v) is 4.24. The van der Waals surface area contributed by atoms with Crippen molar-refractivity contribution in [2.75, 3.05) is 0 Å². The van der Waals surface area contributed by atoms with Gasteiger partial charge in [-0.25, -0.2) is 0 Å². The van der Waals surface area contributed by atoms with Crippen LogP contribution in [-0.2, 0) is 0 Å². The minimum atomic E-state index is -1.38. The molecule has 0 unspecified atom stereocenters. The molecule has 0 aromatic carbocycles. The maximum atomic E-state index is 3.03. The average Bonchev–Trinajstić information content (AvgIpc) is 1.90. The van der Waals surface area contributed by atoms with Crippen molar-refractivity contribution < 1.29 is 0 Å². The van der Waals surface area contributed by atoms with Crippen LogP contribution in [-0.4, -0.2) is 14.7 Å². The van der Waals surface area contributed by atoms with Crippen LogP contribution < -0.4 is 0 Å². The van der Waals surface area contributed by atoms with Gasteiger partial charge in [0.2, 0.25) is 0 Å². The van der Waals surface area contributed by atoms with E-state index in [-0.39, 0.29) is 0 Å². The van der Waals surface area contributed by atoms with Gasteiger partial charge in [0.05, 0.1) is 0 Å². The van der Waals surface area contributed by atoms with E-state index in [1.54, 1.807) is 0 Å². The Labute approximate surface area is 67.7 Å². The van der Waals surface area contributed by atoms with Crippen LogP contribution in [0.25, 0.3) is 0 Å². The van der Waals surface area contributed by atoms with Gasteiger partial charge in [-0.2, -0.15) is 0 Å². The molecule has 0 saturated carbocycles. The molecule has 0 aliphatic rings. The third kappa shape index (κ3) is 4.15. The zero-order chi connectivity index (χ0) is 7.82. The molecule has 0 fully saturated rings. The Morgan fingerprint density at radius 1 is 0.700 bits per heavy atom. The first-order chi connectivity index (χ1) is 4.85. The molecule has 0 spiro atoms. The van der Waals surface area contributed by atoms with Gasteiger partial charge in [0.1, 0.15) is 0 Å². The Balaban J connectivity index is 4.26. The van der Waals surface area contributed by atoms with Crippen LogP contribution in [0.5, 0.6) is 0 Å². The molecular formula is C9H9As. The number of hydrogen-bond acceptors (Lipinski definition) is 0. The van der Waals surface area contributed by atoms with E-state index >= 15 is 0 Å². The number of rotatable bonds is 0. The Bertz CT molecular complexity index is 209. The Kier molecular flexibility index (Phi) is 5.88. The summed E-state index contributed by atoms with van der Waals surface area (Å²) in [6, 6.07) is 0. The van der Waals surface area contributed by atoms with Gasteiger partial charge in [-0.3, -0.25) is 0 Å². The van der Waals surface area contributed by atoms with Crippen molar-refractivity contribution >= 4 is 14.7 Å². The quantitative estimate of drug-likeness (QED) is 0.399. The molecule has 0 N–H and O–H groups in total. The summed E-state index contributed by atoms with van der Waals surface area (Å²) in [4.78, 5) is 0. The maximum absolute atomic E-state index is 3.03. The van der Waals surface area contributed by atoms with Crippen molar-refractivity contribution in [3.8, 4) is 31.9 Å². The monoisotopic (exact) mass is 192 g/mol. The Hall–Kier alpha value is -0.762. The summed E-state index contributed by atoms with van der Waals surface area (Å²) < 4.78 is 9.10. The van der Waals surface area contributed by atoms with E-state index in [0.717, 1.165) is 0 Å². The van der Waals surface area contributed by atoms with E-state index in [1.165, 1.54) is 0 Å². The first-order valence-corrected chi connectivity index (χ1v) is 5.74. The fourth-order valence-corrected chi connectivity index (χ4v) is 2.18. The third-order valence-corrected chi connectivity index (χ3v) is 3.49. The van der Waals surface area contributed by atoms with Crippen LogP contribution in [0.15, 0.2) is 0 Å². The molecule has 0 amide bonds. The van der Waals surface area contributed by atoms with Crippen molar-refractivity contribution in [3.05, 3.63) is 0 Å². The predicted octanol–water partition coefficient (Wildman–Crippen LogP) is 1.17. The van der Waals surface area contributed by atoms with Crippen molar-refractivity contribution in [1.29, 1.82) is 0 Å². The summed E-state index contributed by atoms with van der Waals surface area (Å²) in [5, 5.41) is 0. The molecule has 0 heterocycles. The molecule has 0 aromatic rings. The average molecular weight is 192 g/mol. The van der Waals surface area contributed by atoms with E-state index in [9.17, 15) is 0 Å². The minimum absolute atomic E-state index is 1.38. The summed E-state index contributed by atoms with van der Waals surface area (Å²) in [5.41, 5.74) is 0. The molecule has 0 bridgehead atoms. The van der Waals surface area contributed by atoms with Crippen molar-refractivity contribution in [3.63, 3.8) is 0 Å². The van der Waals surface area contributed by atoms with E-state index in [1.807, 2.05) is 20.8 Å². The summed E-state index contributed by atoms with van der Waals surface area (Å²) in [5.74, 6) is 8.54. The van der Waals surface area contributed by atoms with Gasteiger partial charge in [0, 0.05) is 0 Å². The zero-order valence-electron chi connectivity index (χ0n) is 6.45. The SMILES string of the molecule is CC#C[As](C#CC)C#CC. The molecule has 10 heavy (non-hydrogen) atoms. The van der Waals surface area contributed by atoms with Crippen molar-refractivity contribution in [1.82, 2.24) is 0 Å². The Morgan fingerprint density at radius 2 is 1.00 bits per heavy atom. The molecule has 0 saturated heterocycles. The topological polar surface area (TPSA) is 0 Å². The van der Waals surface area contributed by atoms with Crippen LogP contribution in [0.2, 0.25) is 0 Å². The van der Waals surface area contributed by atoms with Crippen molar-refractivity contribution in [2.24, 2.45) is 0 Å². The van der Waals surface area contributed by atoms with Gasteiger partial charge in [-0.05, 0) is 0 Å². The first kappa shape index (κ1) is 9.24. The molecule has 0 aliphatic carbocycles. The second kappa shape index (κ2) is 6.36. The number of hydrogen-bond donors (Lipinski definition) is 0. The van der Waals surface area contributed by atoms with E-state index in [4.69, 9.17) is 0 Å². The first-order valence-electron chi connectivity index (χ1n) is 2.92. The predicted molar refractivity (Wildman–Crippen MR) is 46.1 cm³/mol. The summed E-state index contributed by atoms with van der Waals surface area (Å²) >= 11 is -1.38. The third-order valence-electron chi connectivity index (χ3n) is 0.671. The van der Waals surface area contributed by atoms with Gasteiger partial charge in [0.25, 0.3) is 0 Å². The molecule has 0 aliphatic heterocycles. The van der Waals surface area contributed by atoms with Gasteiger partial charge >= 0.3 is 67.3 Å². The Morgan fingerprint density at radius 3 is 1.20 bits per heavy atom. The van der Waals surface area contributed by atoms with Gasteiger partial charge in [0.15, 0.2) is 0 Å². The molecule has 1 heteroatoms. The molecule has 0 aromatic heterocycles. The van der Waals surface area contributed by atoms with E-state index in [0.29, 0.717) is 0 Å².